The highest BCUT2D eigenvalue weighted by Crippen LogP contribution is 2.59. The number of hydrogen-bond acceptors (Lipinski definition) is 9. The van der Waals surface area contributed by atoms with E-state index in [0.29, 0.717) is 55.3 Å². The van der Waals surface area contributed by atoms with Crippen LogP contribution in [0.2, 0.25) is 0 Å². The largest absolute Gasteiger partial charge is 0.459 e. The highest BCUT2D eigenvalue weighted by atomic mass is 32.1. The molecule has 1 aromatic heterocycles. The molecule has 6 aliphatic rings. The van der Waals surface area contributed by atoms with Gasteiger partial charge in [-0.2, -0.15) is 0 Å². The maximum Gasteiger partial charge on any atom is 0.312 e. The van der Waals surface area contributed by atoms with Crippen LogP contribution >= 0.6 is 11.3 Å². The van der Waals surface area contributed by atoms with Crippen LogP contribution in [0.3, 0.4) is 0 Å². The van der Waals surface area contributed by atoms with Crippen LogP contribution in [0.15, 0.2) is 23.6 Å². The highest BCUT2D eigenvalue weighted by Gasteiger charge is 2.59. The van der Waals surface area contributed by atoms with Gasteiger partial charge in [0.15, 0.2) is 0 Å². The number of carbonyl (C=O) groups is 5. The van der Waals surface area contributed by atoms with Crippen molar-refractivity contribution in [3.63, 3.8) is 0 Å². The number of ether oxygens (including phenoxy) is 1. The Hall–Kier alpha value is -3.60. The number of rotatable bonds is 7. The van der Waals surface area contributed by atoms with Gasteiger partial charge in [-0.05, 0) is 56.6 Å². The molecular formula is C29H30N4O6S. The molecule has 2 aromatic rings. The van der Waals surface area contributed by atoms with Crippen LogP contribution in [0.1, 0.15) is 71.6 Å². The molecule has 8 rings (SSSR count). The average molecular weight is 563 g/mol. The summed E-state index contributed by atoms with van der Waals surface area (Å²) in [6.45, 7) is 0.832. The summed E-state index contributed by atoms with van der Waals surface area (Å²) in [5.41, 5.74) is 2.34. The number of amides is 3. The van der Waals surface area contributed by atoms with Crippen molar-refractivity contribution in [2.45, 2.75) is 70.7 Å². The number of carbonyl (C=O) groups excluding carboxylic acids is 5. The standard InChI is InChI=1S/C29H30N4O6S/c34-23-5-4-22(26(36)32-23)33-12-20-19(27(33)37)2-1-3-21(20)30-11-24-31-18(14-40-24)13-39-28(38)29-8-15-6-16(9-29)25(35)17(7-15)10-29/h1-3,14-17,22,30H,4-13H2,(H,32,34,36). The predicted octanol–water partition coefficient (Wildman–Crippen LogP) is 2.95. The van der Waals surface area contributed by atoms with Crippen molar-refractivity contribution in [3.8, 4) is 0 Å². The number of nitrogens with one attached hydrogen (secondary N) is 2. The molecule has 3 heterocycles. The second kappa shape index (κ2) is 9.50. The number of anilines is 1. The number of thiazole rings is 1. The lowest BCUT2D eigenvalue weighted by Gasteiger charge is -2.53. The van der Waals surface area contributed by atoms with E-state index in [1.54, 1.807) is 12.1 Å². The van der Waals surface area contributed by atoms with Gasteiger partial charge in [-0.3, -0.25) is 29.3 Å². The maximum atomic E-state index is 13.2. The second-order valence-corrected chi connectivity index (χ2v) is 12.9. The first kappa shape index (κ1) is 25.4. The normalized spacial score (nSPS) is 30.4. The maximum absolute atomic E-state index is 13.2. The molecule has 11 heteroatoms. The Balaban J connectivity index is 0.967. The van der Waals surface area contributed by atoms with Crippen molar-refractivity contribution in [1.29, 1.82) is 0 Å². The van der Waals surface area contributed by atoms with Gasteiger partial charge in [-0.1, -0.05) is 6.07 Å². The zero-order valence-corrected chi connectivity index (χ0v) is 22.8. The summed E-state index contributed by atoms with van der Waals surface area (Å²) < 4.78 is 5.76. The molecule has 2 aliphatic heterocycles. The number of esters is 1. The minimum Gasteiger partial charge on any atom is -0.459 e. The fraction of sp³-hybridized carbons (Fsp3) is 0.517. The summed E-state index contributed by atoms with van der Waals surface area (Å²) in [7, 11) is 0. The van der Waals surface area contributed by atoms with Crippen molar-refractivity contribution >= 4 is 46.5 Å². The topological polar surface area (TPSA) is 135 Å². The van der Waals surface area contributed by atoms with Gasteiger partial charge in [0.2, 0.25) is 11.8 Å². The summed E-state index contributed by atoms with van der Waals surface area (Å²) >= 11 is 1.47. The molecule has 0 radical (unpaired) electrons. The molecule has 0 spiro atoms. The molecule has 5 fully saturated rings. The predicted molar refractivity (Wildman–Crippen MR) is 143 cm³/mol. The van der Waals surface area contributed by atoms with E-state index in [0.717, 1.165) is 35.5 Å². The average Bonchev–Trinajstić information content (AvgIpc) is 3.53. The molecule has 4 aliphatic carbocycles. The van der Waals surface area contributed by atoms with E-state index < -0.39 is 17.4 Å². The van der Waals surface area contributed by atoms with Crippen LogP contribution in [0, 0.1) is 23.2 Å². The van der Waals surface area contributed by atoms with Crippen LogP contribution in [0.4, 0.5) is 5.69 Å². The summed E-state index contributed by atoms with van der Waals surface area (Å²) in [6.07, 6.45) is 4.50. The number of ketones is 1. The molecule has 4 saturated carbocycles. The number of imide groups is 1. The van der Waals surface area contributed by atoms with Crippen LogP contribution in [-0.4, -0.2) is 45.4 Å². The molecule has 4 bridgehead atoms. The number of piperidine rings is 1. The van der Waals surface area contributed by atoms with Gasteiger partial charge >= 0.3 is 5.97 Å². The van der Waals surface area contributed by atoms with Crippen molar-refractivity contribution < 1.29 is 28.7 Å². The Morgan fingerprint density at radius 3 is 2.73 bits per heavy atom. The van der Waals surface area contributed by atoms with Gasteiger partial charge in [0.05, 0.1) is 17.7 Å². The number of benzene rings is 1. The van der Waals surface area contributed by atoms with E-state index in [2.05, 4.69) is 15.6 Å². The second-order valence-electron chi connectivity index (χ2n) is 11.9. The van der Waals surface area contributed by atoms with E-state index >= 15 is 0 Å². The smallest absolute Gasteiger partial charge is 0.312 e. The fourth-order valence-electron chi connectivity index (χ4n) is 7.71. The Morgan fingerprint density at radius 1 is 1.15 bits per heavy atom. The van der Waals surface area contributed by atoms with E-state index in [-0.39, 0.29) is 42.6 Å². The first-order valence-corrected chi connectivity index (χ1v) is 14.8. The summed E-state index contributed by atoms with van der Waals surface area (Å²) in [4.78, 5) is 68.8. The molecule has 1 aromatic carbocycles. The lowest BCUT2D eigenvalue weighted by atomic mass is 9.49. The summed E-state index contributed by atoms with van der Waals surface area (Å²) in [5.74, 6) is -0.261. The van der Waals surface area contributed by atoms with Gasteiger partial charge in [0, 0.05) is 47.0 Å². The molecule has 10 nitrogen and oxygen atoms in total. The van der Waals surface area contributed by atoms with Crippen molar-refractivity contribution in [2.24, 2.45) is 23.2 Å². The molecule has 3 atom stereocenters. The van der Waals surface area contributed by atoms with Gasteiger partial charge in [0.25, 0.3) is 5.91 Å². The third-order valence-electron chi connectivity index (χ3n) is 9.39. The third-order valence-corrected chi connectivity index (χ3v) is 10.3. The van der Waals surface area contributed by atoms with Crippen LogP contribution < -0.4 is 10.6 Å². The van der Waals surface area contributed by atoms with E-state index in [9.17, 15) is 24.0 Å². The number of aromatic nitrogens is 1. The number of Topliss-reactive ketones (excluding diaryl/α,β-unsaturated/α-hetero) is 1. The number of fused-ring (bicyclic) bond motifs is 1. The van der Waals surface area contributed by atoms with Gasteiger partial charge < -0.3 is 15.0 Å². The van der Waals surface area contributed by atoms with Crippen LogP contribution in [0.5, 0.6) is 0 Å². The minimum atomic E-state index is -0.659. The highest BCUT2D eigenvalue weighted by molar-refractivity contribution is 7.09. The van der Waals surface area contributed by atoms with Gasteiger partial charge in [-0.15, -0.1) is 11.3 Å². The lowest BCUT2D eigenvalue weighted by molar-refractivity contribution is -0.175. The van der Waals surface area contributed by atoms with Crippen LogP contribution in [0.25, 0.3) is 0 Å². The summed E-state index contributed by atoms with van der Waals surface area (Å²) in [5, 5.41) is 8.40. The first-order chi connectivity index (χ1) is 19.3. The van der Waals surface area contributed by atoms with Gasteiger partial charge in [-0.25, -0.2) is 4.98 Å². The Morgan fingerprint density at radius 2 is 1.95 bits per heavy atom. The Labute approximate surface area is 234 Å². The molecule has 3 amide bonds. The molecule has 1 saturated heterocycles. The number of nitrogens with zero attached hydrogens (tertiary/aromatic N) is 2. The van der Waals surface area contributed by atoms with E-state index in [1.807, 2.05) is 11.4 Å². The van der Waals surface area contributed by atoms with Crippen molar-refractivity contribution in [1.82, 2.24) is 15.2 Å². The SMILES string of the molecule is O=C1CCC(N2Cc3c(NCc4nc(COC(=O)C56CC7CC(C5)C(=O)C(C7)C6)cs4)cccc3C2=O)C(=O)N1. The van der Waals surface area contributed by atoms with Gasteiger partial charge in [0.1, 0.15) is 23.4 Å². The Bertz CT molecular complexity index is 1430. The quantitative estimate of drug-likeness (QED) is 0.389. The molecule has 3 unspecified atom stereocenters. The fourth-order valence-corrected chi connectivity index (χ4v) is 8.43. The molecule has 40 heavy (non-hydrogen) atoms. The van der Waals surface area contributed by atoms with Crippen molar-refractivity contribution in [2.75, 3.05) is 5.32 Å². The monoisotopic (exact) mass is 562 g/mol. The molecular weight excluding hydrogens is 532 g/mol. The zero-order chi connectivity index (χ0) is 27.6. The Kier molecular flexibility index (Phi) is 6.03. The number of hydrogen-bond donors (Lipinski definition) is 2. The third kappa shape index (κ3) is 4.22. The van der Waals surface area contributed by atoms with E-state index in [1.165, 1.54) is 16.2 Å². The molecule has 208 valence electrons. The minimum absolute atomic E-state index is 0.0292. The van der Waals surface area contributed by atoms with Crippen molar-refractivity contribution in [3.05, 3.63) is 45.4 Å². The summed E-state index contributed by atoms with van der Waals surface area (Å²) in [6, 6.07) is 4.79. The van der Waals surface area contributed by atoms with E-state index in [4.69, 9.17) is 4.74 Å². The zero-order valence-electron chi connectivity index (χ0n) is 21.9. The van der Waals surface area contributed by atoms with Crippen LogP contribution in [-0.2, 0) is 43.6 Å². The molecule has 2 N–H and O–H groups in total. The first-order valence-electron chi connectivity index (χ1n) is 13.9. The lowest BCUT2D eigenvalue weighted by Crippen LogP contribution is -2.54.